The van der Waals surface area contributed by atoms with Gasteiger partial charge in [0.15, 0.2) is 5.82 Å². The third-order valence-corrected chi connectivity index (χ3v) is 4.53. The number of aromatic nitrogens is 3. The molecule has 24 heavy (non-hydrogen) atoms. The van der Waals surface area contributed by atoms with Crippen molar-refractivity contribution in [2.75, 3.05) is 13.1 Å². The largest absolute Gasteiger partial charge is 0.368 e. The van der Waals surface area contributed by atoms with Gasteiger partial charge in [-0.3, -0.25) is 9.78 Å². The highest BCUT2D eigenvalue weighted by atomic mass is 16.5. The molecule has 0 spiro atoms. The summed E-state index contributed by atoms with van der Waals surface area (Å²) in [4.78, 5) is 22.6. The second kappa shape index (κ2) is 6.68. The highest BCUT2D eigenvalue weighted by molar-refractivity contribution is 5.94. The molecule has 7 heteroatoms. The Hall–Kier alpha value is -2.28. The molecule has 0 radical (unpaired) electrons. The maximum Gasteiger partial charge on any atom is 0.253 e. The van der Waals surface area contributed by atoms with E-state index in [1.54, 1.807) is 24.5 Å². The number of carbonyl (C=O) groups is 1. The number of amides is 1. The number of hydrogen-bond acceptors (Lipinski definition) is 6. The summed E-state index contributed by atoms with van der Waals surface area (Å²) in [6, 6.07) is 3.50. The van der Waals surface area contributed by atoms with Crippen LogP contribution in [0, 0.1) is 0 Å². The molecule has 2 aromatic heterocycles. The van der Waals surface area contributed by atoms with Crippen LogP contribution in [0.3, 0.4) is 0 Å². The normalized spacial score (nSPS) is 18.8. The minimum Gasteiger partial charge on any atom is -0.368 e. The lowest BCUT2D eigenvalue weighted by Gasteiger charge is -2.31. The molecule has 3 heterocycles. The maximum absolute atomic E-state index is 12.4. The Morgan fingerprint density at radius 1 is 1.21 bits per heavy atom. The molecular weight excluding hydrogens is 308 g/mol. The summed E-state index contributed by atoms with van der Waals surface area (Å²) in [5.74, 6) is 1.91. The molecule has 1 aliphatic heterocycles. The molecule has 4 rings (SSSR count). The second-order valence-corrected chi connectivity index (χ2v) is 6.36. The zero-order valence-electron chi connectivity index (χ0n) is 13.4. The van der Waals surface area contributed by atoms with Crippen molar-refractivity contribution in [3.05, 3.63) is 41.8 Å². The Kier molecular flexibility index (Phi) is 4.25. The summed E-state index contributed by atoms with van der Waals surface area (Å²) in [6.07, 6.45) is 7.36. The lowest BCUT2D eigenvalue weighted by Crippen LogP contribution is -2.40. The first-order chi connectivity index (χ1) is 11.8. The van der Waals surface area contributed by atoms with Crippen LogP contribution in [0.5, 0.6) is 0 Å². The van der Waals surface area contributed by atoms with Gasteiger partial charge in [0.05, 0.1) is 6.10 Å². The fraction of sp³-hybridized carbons (Fsp3) is 0.529. The summed E-state index contributed by atoms with van der Waals surface area (Å²) in [5.41, 5.74) is 0.683. The molecule has 0 N–H and O–H groups in total. The van der Waals surface area contributed by atoms with Gasteiger partial charge in [0.25, 0.3) is 11.8 Å². The highest BCUT2D eigenvalue weighted by Gasteiger charge is 2.29. The van der Waals surface area contributed by atoms with E-state index in [1.807, 2.05) is 4.90 Å². The topological polar surface area (TPSA) is 81.4 Å². The third-order valence-electron chi connectivity index (χ3n) is 4.53. The van der Waals surface area contributed by atoms with Crippen molar-refractivity contribution < 1.29 is 14.1 Å². The Morgan fingerprint density at radius 3 is 2.67 bits per heavy atom. The van der Waals surface area contributed by atoms with Crippen LogP contribution in [0.25, 0.3) is 0 Å². The van der Waals surface area contributed by atoms with E-state index in [4.69, 9.17) is 9.26 Å². The molecule has 2 aliphatic rings. The van der Waals surface area contributed by atoms with Crippen molar-refractivity contribution in [1.29, 1.82) is 0 Å². The van der Waals surface area contributed by atoms with Gasteiger partial charge in [-0.15, -0.1) is 0 Å². The number of pyridine rings is 1. The average Bonchev–Trinajstić information content (AvgIpc) is 3.39. The van der Waals surface area contributed by atoms with Crippen molar-refractivity contribution in [2.24, 2.45) is 0 Å². The molecule has 1 saturated heterocycles. The van der Waals surface area contributed by atoms with Gasteiger partial charge in [-0.25, -0.2) is 0 Å². The maximum atomic E-state index is 12.4. The van der Waals surface area contributed by atoms with Crippen molar-refractivity contribution in [3.8, 4) is 0 Å². The second-order valence-electron chi connectivity index (χ2n) is 6.36. The van der Waals surface area contributed by atoms with E-state index < -0.39 is 0 Å². The molecule has 0 unspecified atom stereocenters. The van der Waals surface area contributed by atoms with Gasteiger partial charge in [0, 0.05) is 37.0 Å². The van der Waals surface area contributed by atoms with Gasteiger partial charge in [0.2, 0.25) is 0 Å². The Balaban J connectivity index is 1.24. The molecule has 0 atom stereocenters. The molecule has 7 nitrogen and oxygen atoms in total. The molecule has 2 aromatic rings. The van der Waals surface area contributed by atoms with Gasteiger partial charge in [-0.1, -0.05) is 5.16 Å². The minimum absolute atomic E-state index is 0.0572. The molecule has 1 amide bonds. The van der Waals surface area contributed by atoms with Gasteiger partial charge < -0.3 is 14.2 Å². The first kappa shape index (κ1) is 15.3. The summed E-state index contributed by atoms with van der Waals surface area (Å²) < 4.78 is 11.1. The molecule has 1 saturated carbocycles. The van der Waals surface area contributed by atoms with Crippen molar-refractivity contribution in [2.45, 2.75) is 44.3 Å². The van der Waals surface area contributed by atoms with E-state index in [0.717, 1.165) is 31.5 Å². The standard InChI is InChI=1S/C17H20N4O3/c22-17(13-3-7-18-8-4-13)21-9-5-14(6-10-21)23-11-15-19-16(20-24-15)12-1-2-12/h3-4,7-8,12,14H,1-2,5-6,9-11H2. The quantitative estimate of drug-likeness (QED) is 0.836. The lowest BCUT2D eigenvalue weighted by atomic mass is 10.1. The average molecular weight is 328 g/mol. The Morgan fingerprint density at radius 2 is 1.96 bits per heavy atom. The number of nitrogens with zero attached hydrogens (tertiary/aromatic N) is 4. The zero-order chi connectivity index (χ0) is 16.4. The number of likely N-dealkylation sites (tertiary alicyclic amines) is 1. The summed E-state index contributed by atoms with van der Waals surface area (Å²) in [5, 5.41) is 3.99. The fourth-order valence-corrected chi connectivity index (χ4v) is 2.93. The molecule has 1 aliphatic carbocycles. The van der Waals surface area contributed by atoms with E-state index in [1.165, 1.54) is 0 Å². The van der Waals surface area contributed by atoms with Gasteiger partial charge in [0.1, 0.15) is 6.61 Å². The van der Waals surface area contributed by atoms with Crippen LogP contribution >= 0.6 is 0 Å². The number of rotatable bonds is 5. The molecule has 126 valence electrons. The van der Waals surface area contributed by atoms with Crippen LogP contribution < -0.4 is 0 Å². The zero-order valence-corrected chi connectivity index (χ0v) is 13.4. The van der Waals surface area contributed by atoms with E-state index in [0.29, 0.717) is 37.1 Å². The predicted octanol–water partition coefficient (Wildman–Crippen LogP) is 2.16. The van der Waals surface area contributed by atoms with Gasteiger partial charge >= 0.3 is 0 Å². The Labute approximate surface area is 140 Å². The number of carbonyl (C=O) groups excluding carboxylic acids is 1. The van der Waals surface area contributed by atoms with Crippen LogP contribution in [-0.4, -0.2) is 45.1 Å². The van der Waals surface area contributed by atoms with Crippen LogP contribution in [0.1, 0.15) is 53.7 Å². The molecule has 2 fully saturated rings. The number of piperidine rings is 1. The number of hydrogen-bond donors (Lipinski definition) is 0. The van der Waals surface area contributed by atoms with Crippen LogP contribution in [0.2, 0.25) is 0 Å². The summed E-state index contributed by atoms with van der Waals surface area (Å²) in [6.45, 7) is 1.74. The molecule has 0 aromatic carbocycles. The van der Waals surface area contributed by atoms with Crippen molar-refractivity contribution in [1.82, 2.24) is 20.0 Å². The fourth-order valence-electron chi connectivity index (χ4n) is 2.93. The Bertz CT molecular complexity index is 691. The van der Waals surface area contributed by atoms with Crippen LogP contribution in [0.15, 0.2) is 29.0 Å². The third kappa shape index (κ3) is 3.46. The predicted molar refractivity (Wildman–Crippen MR) is 84.2 cm³/mol. The summed E-state index contributed by atoms with van der Waals surface area (Å²) >= 11 is 0. The highest BCUT2D eigenvalue weighted by Crippen LogP contribution is 2.38. The van der Waals surface area contributed by atoms with Crippen LogP contribution in [0.4, 0.5) is 0 Å². The SMILES string of the molecule is O=C(c1ccncc1)N1CCC(OCc2nc(C3CC3)no2)CC1. The molecular formula is C17H20N4O3. The summed E-state index contributed by atoms with van der Waals surface area (Å²) in [7, 11) is 0. The molecule has 0 bridgehead atoms. The van der Waals surface area contributed by atoms with Crippen LogP contribution in [-0.2, 0) is 11.3 Å². The van der Waals surface area contributed by atoms with E-state index >= 15 is 0 Å². The van der Waals surface area contributed by atoms with Gasteiger partial charge in [-0.2, -0.15) is 4.98 Å². The minimum atomic E-state index is 0.0572. The number of ether oxygens (including phenoxy) is 1. The monoisotopic (exact) mass is 328 g/mol. The van der Waals surface area contributed by atoms with Crippen molar-refractivity contribution >= 4 is 5.91 Å². The first-order valence-electron chi connectivity index (χ1n) is 8.43. The first-order valence-corrected chi connectivity index (χ1v) is 8.43. The van der Waals surface area contributed by atoms with E-state index in [-0.39, 0.29) is 12.0 Å². The van der Waals surface area contributed by atoms with E-state index in [2.05, 4.69) is 15.1 Å². The van der Waals surface area contributed by atoms with Gasteiger partial charge in [-0.05, 0) is 37.8 Å². The smallest absolute Gasteiger partial charge is 0.253 e. The van der Waals surface area contributed by atoms with E-state index in [9.17, 15) is 4.79 Å². The lowest BCUT2D eigenvalue weighted by molar-refractivity contribution is -0.00978. The van der Waals surface area contributed by atoms with Crippen molar-refractivity contribution in [3.63, 3.8) is 0 Å².